The number of carbonyl (C=O) groups excluding carboxylic acids is 1. The quantitative estimate of drug-likeness (QED) is 0.663. The van der Waals surface area contributed by atoms with Crippen molar-refractivity contribution in [3.63, 3.8) is 0 Å². The average Bonchev–Trinajstić information content (AvgIpc) is 2.11. The maximum absolute atomic E-state index is 11.5. The van der Waals surface area contributed by atoms with Crippen molar-refractivity contribution in [2.75, 3.05) is 25.6 Å². The van der Waals surface area contributed by atoms with Crippen molar-refractivity contribution in [2.45, 2.75) is 32.6 Å². The average molecular weight is 235 g/mol. The number of hydrogen-bond acceptors (Lipinski definition) is 3. The van der Waals surface area contributed by atoms with Gasteiger partial charge in [0, 0.05) is 26.3 Å². The van der Waals surface area contributed by atoms with E-state index < -0.39 is 9.84 Å². The fourth-order valence-electron chi connectivity index (χ4n) is 1.20. The van der Waals surface area contributed by atoms with Gasteiger partial charge in [-0.1, -0.05) is 13.3 Å². The molecule has 0 aromatic carbocycles. The summed E-state index contributed by atoms with van der Waals surface area (Å²) in [6, 6.07) is 0. The minimum atomic E-state index is -2.93. The lowest BCUT2D eigenvalue weighted by Crippen LogP contribution is -2.27. The number of unbranched alkanes of at least 4 members (excludes halogenated alkanes) is 1. The van der Waals surface area contributed by atoms with Gasteiger partial charge in [0.1, 0.15) is 9.84 Å². The van der Waals surface area contributed by atoms with Crippen molar-refractivity contribution in [1.82, 2.24) is 4.90 Å². The van der Waals surface area contributed by atoms with E-state index in [-0.39, 0.29) is 11.7 Å². The van der Waals surface area contributed by atoms with Gasteiger partial charge in [0.15, 0.2) is 0 Å². The fraction of sp³-hybridized carbons (Fsp3) is 0.900. The van der Waals surface area contributed by atoms with Crippen LogP contribution in [0.15, 0.2) is 0 Å². The minimum absolute atomic E-state index is 0.0344. The number of carbonyl (C=O) groups is 1. The van der Waals surface area contributed by atoms with Crippen molar-refractivity contribution in [3.05, 3.63) is 0 Å². The van der Waals surface area contributed by atoms with Crippen molar-refractivity contribution >= 4 is 15.7 Å². The van der Waals surface area contributed by atoms with Gasteiger partial charge in [-0.2, -0.15) is 0 Å². The number of nitrogens with zero attached hydrogens (tertiary/aromatic N) is 1. The standard InChI is InChI=1S/C10H21NO3S/c1-4-5-8-11(2)10(12)7-6-9-15(3,13)14/h4-9H2,1-3H3. The lowest BCUT2D eigenvalue weighted by molar-refractivity contribution is -0.129. The fourth-order valence-corrected chi connectivity index (χ4v) is 1.87. The van der Waals surface area contributed by atoms with Gasteiger partial charge in [0.05, 0.1) is 5.75 Å². The van der Waals surface area contributed by atoms with Crippen LogP contribution < -0.4 is 0 Å². The second kappa shape index (κ2) is 6.82. The van der Waals surface area contributed by atoms with E-state index in [2.05, 4.69) is 6.92 Å². The molecule has 0 saturated carbocycles. The Morgan fingerprint density at radius 1 is 1.27 bits per heavy atom. The van der Waals surface area contributed by atoms with E-state index in [9.17, 15) is 13.2 Å². The van der Waals surface area contributed by atoms with Gasteiger partial charge < -0.3 is 4.90 Å². The summed E-state index contributed by atoms with van der Waals surface area (Å²) in [5.41, 5.74) is 0. The molecule has 0 aliphatic carbocycles. The van der Waals surface area contributed by atoms with Crippen molar-refractivity contribution in [2.24, 2.45) is 0 Å². The molecule has 0 unspecified atom stereocenters. The molecular formula is C10H21NO3S. The third-order valence-corrected chi connectivity index (χ3v) is 3.21. The van der Waals surface area contributed by atoms with Crippen molar-refractivity contribution in [3.8, 4) is 0 Å². The van der Waals surface area contributed by atoms with E-state index in [1.807, 2.05) is 0 Å². The predicted molar refractivity (Wildman–Crippen MR) is 61.5 cm³/mol. The molecule has 15 heavy (non-hydrogen) atoms. The Bertz CT molecular complexity index is 285. The van der Waals surface area contributed by atoms with Crippen molar-refractivity contribution < 1.29 is 13.2 Å². The molecule has 0 bridgehead atoms. The van der Waals surface area contributed by atoms with Crippen LogP contribution >= 0.6 is 0 Å². The lowest BCUT2D eigenvalue weighted by atomic mass is 10.2. The molecule has 4 nitrogen and oxygen atoms in total. The molecule has 0 aliphatic rings. The molecular weight excluding hydrogens is 214 g/mol. The molecule has 0 aromatic heterocycles. The lowest BCUT2D eigenvalue weighted by Gasteiger charge is -2.16. The van der Waals surface area contributed by atoms with Crippen LogP contribution in [-0.4, -0.2) is 44.8 Å². The van der Waals surface area contributed by atoms with E-state index in [0.717, 1.165) is 19.4 Å². The Kier molecular flexibility index (Phi) is 6.56. The van der Waals surface area contributed by atoms with Crippen LogP contribution in [0.1, 0.15) is 32.6 Å². The van der Waals surface area contributed by atoms with Gasteiger partial charge in [-0.3, -0.25) is 4.79 Å². The SMILES string of the molecule is CCCCN(C)C(=O)CCCS(C)(=O)=O. The molecule has 0 N–H and O–H groups in total. The first-order valence-corrected chi connectivity index (χ1v) is 7.34. The normalized spacial score (nSPS) is 11.4. The highest BCUT2D eigenvalue weighted by Crippen LogP contribution is 2.00. The zero-order valence-electron chi connectivity index (χ0n) is 9.82. The zero-order chi connectivity index (χ0) is 11.9. The topological polar surface area (TPSA) is 54.5 Å². The Labute approximate surface area is 92.6 Å². The Morgan fingerprint density at radius 3 is 2.33 bits per heavy atom. The van der Waals surface area contributed by atoms with Gasteiger partial charge in [-0.15, -0.1) is 0 Å². The minimum Gasteiger partial charge on any atom is -0.346 e. The Balaban J connectivity index is 3.74. The molecule has 0 heterocycles. The molecule has 0 radical (unpaired) electrons. The predicted octanol–water partition coefficient (Wildman–Crippen LogP) is 1.07. The maximum Gasteiger partial charge on any atom is 0.222 e. The van der Waals surface area contributed by atoms with Crippen LogP contribution in [0.25, 0.3) is 0 Å². The van der Waals surface area contributed by atoms with Crippen LogP contribution in [0.2, 0.25) is 0 Å². The number of sulfone groups is 1. The Hall–Kier alpha value is -0.580. The smallest absolute Gasteiger partial charge is 0.222 e. The second-order valence-corrected chi connectivity index (χ2v) is 6.16. The van der Waals surface area contributed by atoms with Gasteiger partial charge >= 0.3 is 0 Å². The van der Waals surface area contributed by atoms with Crippen LogP contribution in [0.5, 0.6) is 0 Å². The summed E-state index contributed by atoms with van der Waals surface area (Å²) < 4.78 is 21.7. The highest BCUT2D eigenvalue weighted by Gasteiger charge is 2.09. The first-order valence-electron chi connectivity index (χ1n) is 5.28. The summed E-state index contributed by atoms with van der Waals surface area (Å²) >= 11 is 0. The van der Waals surface area contributed by atoms with Gasteiger partial charge in [-0.05, 0) is 12.8 Å². The van der Waals surface area contributed by atoms with E-state index in [1.54, 1.807) is 11.9 Å². The maximum atomic E-state index is 11.5. The van der Waals surface area contributed by atoms with E-state index in [0.29, 0.717) is 12.8 Å². The largest absolute Gasteiger partial charge is 0.346 e. The first-order chi connectivity index (χ1) is 6.87. The monoisotopic (exact) mass is 235 g/mol. The first kappa shape index (κ1) is 14.4. The number of amides is 1. The molecule has 0 spiro atoms. The van der Waals surface area contributed by atoms with Crippen LogP contribution in [0.4, 0.5) is 0 Å². The summed E-state index contributed by atoms with van der Waals surface area (Å²) in [5.74, 6) is 0.132. The van der Waals surface area contributed by atoms with E-state index in [1.165, 1.54) is 6.26 Å². The van der Waals surface area contributed by atoms with Gasteiger partial charge in [-0.25, -0.2) is 8.42 Å². The molecule has 0 atom stereocenters. The van der Waals surface area contributed by atoms with E-state index in [4.69, 9.17) is 0 Å². The summed E-state index contributed by atoms with van der Waals surface area (Å²) in [7, 11) is -1.17. The third kappa shape index (κ3) is 8.42. The highest BCUT2D eigenvalue weighted by molar-refractivity contribution is 7.90. The van der Waals surface area contributed by atoms with Crippen LogP contribution in [0, 0.1) is 0 Å². The second-order valence-electron chi connectivity index (χ2n) is 3.90. The summed E-state index contributed by atoms with van der Waals surface area (Å²) in [5, 5.41) is 0. The number of rotatable bonds is 7. The number of hydrogen-bond donors (Lipinski definition) is 0. The third-order valence-electron chi connectivity index (χ3n) is 2.18. The summed E-state index contributed by atoms with van der Waals surface area (Å²) in [6.07, 6.45) is 4.00. The highest BCUT2D eigenvalue weighted by atomic mass is 32.2. The molecule has 90 valence electrons. The summed E-state index contributed by atoms with van der Waals surface area (Å²) in [6.45, 7) is 2.83. The van der Waals surface area contributed by atoms with Crippen LogP contribution in [0.3, 0.4) is 0 Å². The molecule has 5 heteroatoms. The summed E-state index contributed by atoms with van der Waals surface area (Å²) in [4.78, 5) is 13.1. The van der Waals surface area contributed by atoms with Crippen LogP contribution in [-0.2, 0) is 14.6 Å². The Morgan fingerprint density at radius 2 is 1.87 bits per heavy atom. The molecule has 0 fully saturated rings. The molecule has 0 aliphatic heterocycles. The molecule has 0 saturated heterocycles. The molecule has 1 amide bonds. The molecule has 0 aromatic rings. The zero-order valence-corrected chi connectivity index (χ0v) is 10.6. The van der Waals surface area contributed by atoms with E-state index >= 15 is 0 Å². The van der Waals surface area contributed by atoms with Gasteiger partial charge in [0.25, 0.3) is 0 Å². The molecule has 0 rings (SSSR count). The van der Waals surface area contributed by atoms with Crippen molar-refractivity contribution in [1.29, 1.82) is 0 Å². The van der Waals surface area contributed by atoms with Gasteiger partial charge in [0.2, 0.25) is 5.91 Å².